The molecule has 13 heavy (non-hydrogen) atoms. The van der Waals surface area contributed by atoms with E-state index in [-0.39, 0.29) is 0 Å². The third-order valence-corrected chi connectivity index (χ3v) is 3.34. The summed E-state index contributed by atoms with van der Waals surface area (Å²) >= 11 is 0. The van der Waals surface area contributed by atoms with Crippen molar-refractivity contribution in [3.05, 3.63) is 0 Å². The van der Waals surface area contributed by atoms with Crippen LogP contribution in [-0.2, 0) is 0 Å². The van der Waals surface area contributed by atoms with E-state index in [2.05, 4.69) is 32.6 Å². The summed E-state index contributed by atoms with van der Waals surface area (Å²) in [6.07, 6.45) is 2.10. The van der Waals surface area contributed by atoms with Crippen molar-refractivity contribution in [2.24, 2.45) is 5.92 Å². The van der Waals surface area contributed by atoms with Gasteiger partial charge in [-0.15, -0.1) is 0 Å². The Hall–Kier alpha value is -0.0800. The van der Waals surface area contributed by atoms with Crippen molar-refractivity contribution < 1.29 is 5.11 Å². The lowest BCUT2D eigenvalue weighted by atomic mass is 9.82. The zero-order valence-corrected chi connectivity index (χ0v) is 9.38. The Morgan fingerprint density at radius 2 is 1.85 bits per heavy atom. The zero-order chi connectivity index (χ0) is 10.1. The molecule has 0 radical (unpaired) electrons. The van der Waals surface area contributed by atoms with Gasteiger partial charge in [0.1, 0.15) is 0 Å². The van der Waals surface area contributed by atoms with Crippen LogP contribution in [0.3, 0.4) is 0 Å². The van der Waals surface area contributed by atoms with Gasteiger partial charge < -0.3 is 5.11 Å². The van der Waals surface area contributed by atoms with Gasteiger partial charge in [-0.3, -0.25) is 4.90 Å². The molecular weight excluding hydrogens is 162 g/mol. The molecule has 1 saturated heterocycles. The summed E-state index contributed by atoms with van der Waals surface area (Å²) in [5, 5.41) is 10.3. The lowest BCUT2D eigenvalue weighted by Crippen LogP contribution is -2.53. The van der Waals surface area contributed by atoms with Crippen LogP contribution in [0.4, 0.5) is 0 Å². The standard InChI is InChI=1S/C11H23NO/c1-9(2)11(13)6-5-7-12(8-11)10(3)4/h9-10,13H,5-8H2,1-4H3/t11-/m0/s1. The Bertz CT molecular complexity index is 167. The molecule has 0 aromatic rings. The molecule has 1 rings (SSSR count). The van der Waals surface area contributed by atoms with Crippen molar-refractivity contribution in [1.29, 1.82) is 0 Å². The topological polar surface area (TPSA) is 23.5 Å². The third kappa shape index (κ3) is 2.44. The van der Waals surface area contributed by atoms with E-state index in [9.17, 15) is 5.11 Å². The first-order chi connectivity index (χ1) is 5.96. The van der Waals surface area contributed by atoms with E-state index < -0.39 is 5.60 Å². The molecule has 78 valence electrons. The van der Waals surface area contributed by atoms with Crippen LogP contribution in [-0.4, -0.2) is 34.7 Å². The van der Waals surface area contributed by atoms with Crippen molar-refractivity contribution in [2.45, 2.75) is 52.2 Å². The number of rotatable bonds is 2. The monoisotopic (exact) mass is 185 g/mol. The van der Waals surface area contributed by atoms with Crippen molar-refractivity contribution in [3.8, 4) is 0 Å². The minimum Gasteiger partial charge on any atom is -0.388 e. The molecule has 0 amide bonds. The number of hydrogen-bond acceptors (Lipinski definition) is 2. The van der Waals surface area contributed by atoms with Gasteiger partial charge in [0.25, 0.3) is 0 Å². The van der Waals surface area contributed by atoms with Gasteiger partial charge in [-0.05, 0) is 39.2 Å². The fourth-order valence-corrected chi connectivity index (χ4v) is 2.01. The molecule has 1 atom stereocenters. The average molecular weight is 185 g/mol. The Morgan fingerprint density at radius 3 is 2.31 bits per heavy atom. The smallest absolute Gasteiger partial charge is 0.0797 e. The molecule has 1 aliphatic heterocycles. The summed E-state index contributed by atoms with van der Waals surface area (Å²) in [4.78, 5) is 2.38. The Kier molecular flexibility index (Phi) is 3.36. The van der Waals surface area contributed by atoms with Gasteiger partial charge in [-0.1, -0.05) is 13.8 Å². The van der Waals surface area contributed by atoms with E-state index in [0.717, 1.165) is 25.9 Å². The van der Waals surface area contributed by atoms with E-state index in [4.69, 9.17) is 0 Å². The normalized spacial score (nSPS) is 31.6. The van der Waals surface area contributed by atoms with Gasteiger partial charge in [0.05, 0.1) is 5.60 Å². The Morgan fingerprint density at radius 1 is 1.23 bits per heavy atom. The molecule has 0 spiro atoms. The molecule has 0 aromatic carbocycles. The molecule has 2 heteroatoms. The Balaban J connectivity index is 2.60. The highest BCUT2D eigenvalue weighted by atomic mass is 16.3. The number of β-amino-alcohol motifs (C(OH)–C–C–N with tert-alkyl or cyclic N) is 1. The molecule has 1 heterocycles. The summed E-state index contributed by atoms with van der Waals surface area (Å²) in [6.45, 7) is 10.6. The minimum absolute atomic E-state index is 0.369. The molecule has 0 saturated carbocycles. The molecule has 0 aliphatic carbocycles. The maximum absolute atomic E-state index is 10.3. The molecule has 0 bridgehead atoms. The van der Waals surface area contributed by atoms with Gasteiger partial charge >= 0.3 is 0 Å². The van der Waals surface area contributed by atoms with Crippen LogP contribution in [0.1, 0.15) is 40.5 Å². The summed E-state index contributed by atoms with van der Waals surface area (Å²) in [7, 11) is 0. The number of nitrogens with zero attached hydrogens (tertiary/aromatic N) is 1. The second-order valence-electron chi connectivity index (χ2n) is 4.93. The highest BCUT2D eigenvalue weighted by Crippen LogP contribution is 2.28. The van der Waals surface area contributed by atoms with Crippen LogP contribution in [0.2, 0.25) is 0 Å². The van der Waals surface area contributed by atoms with Crippen molar-refractivity contribution >= 4 is 0 Å². The number of hydrogen-bond donors (Lipinski definition) is 1. The predicted molar refractivity (Wildman–Crippen MR) is 55.7 cm³/mol. The van der Waals surface area contributed by atoms with Crippen LogP contribution in [0.25, 0.3) is 0 Å². The largest absolute Gasteiger partial charge is 0.388 e. The number of likely N-dealkylation sites (tertiary alicyclic amines) is 1. The third-order valence-electron chi connectivity index (χ3n) is 3.34. The van der Waals surface area contributed by atoms with Crippen LogP contribution in [0.15, 0.2) is 0 Å². The number of aliphatic hydroxyl groups is 1. The van der Waals surface area contributed by atoms with Crippen LogP contribution in [0.5, 0.6) is 0 Å². The molecule has 0 aromatic heterocycles. The molecule has 1 fully saturated rings. The second-order valence-corrected chi connectivity index (χ2v) is 4.93. The zero-order valence-electron chi connectivity index (χ0n) is 9.38. The van der Waals surface area contributed by atoms with E-state index in [1.807, 2.05) is 0 Å². The van der Waals surface area contributed by atoms with Crippen molar-refractivity contribution in [1.82, 2.24) is 4.90 Å². The maximum atomic E-state index is 10.3. The fraction of sp³-hybridized carbons (Fsp3) is 1.00. The first-order valence-electron chi connectivity index (χ1n) is 5.42. The van der Waals surface area contributed by atoms with Gasteiger partial charge in [-0.25, -0.2) is 0 Å². The Labute approximate surface area is 81.9 Å². The maximum Gasteiger partial charge on any atom is 0.0797 e. The van der Waals surface area contributed by atoms with Gasteiger partial charge in [0, 0.05) is 12.6 Å². The average Bonchev–Trinajstić information content (AvgIpc) is 2.04. The van der Waals surface area contributed by atoms with E-state index in [1.54, 1.807) is 0 Å². The quantitative estimate of drug-likeness (QED) is 0.710. The summed E-state index contributed by atoms with van der Waals surface area (Å²) < 4.78 is 0. The van der Waals surface area contributed by atoms with E-state index in [0.29, 0.717) is 12.0 Å². The highest BCUT2D eigenvalue weighted by Gasteiger charge is 2.36. The molecular formula is C11H23NO. The minimum atomic E-state index is -0.442. The van der Waals surface area contributed by atoms with Gasteiger partial charge in [0.2, 0.25) is 0 Å². The SMILES string of the molecule is CC(C)N1CCC[C@@](O)(C(C)C)C1. The molecule has 0 unspecified atom stereocenters. The summed E-state index contributed by atoms with van der Waals surface area (Å²) in [5.41, 5.74) is -0.442. The summed E-state index contributed by atoms with van der Waals surface area (Å²) in [6, 6.07) is 0.561. The van der Waals surface area contributed by atoms with Crippen LogP contribution >= 0.6 is 0 Å². The molecule has 1 aliphatic rings. The van der Waals surface area contributed by atoms with Gasteiger partial charge in [0.15, 0.2) is 0 Å². The van der Waals surface area contributed by atoms with Crippen molar-refractivity contribution in [3.63, 3.8) is 0 Å². The second kappa shape index (κ2) is 3.97. The highest BCUT2D eigenvalue weighted by molar-refractivity contribution is 4.90. The first-order valence-corrected chi connectivity index (χ1v) is 5.42. The predicted octanol–water partition coefficient (Wildman–Crippen LogP) is 1.88. The van der Waals surface area contributed by atoms with Crippen molar-refractivity contribution in [2.75, 3.05) is 13.1 Å². The van der Waals surface area contributed by atoms with Crippen LogP contribution < -0.4 is 0 Å². The molecule has 1 N–H and O–H groups in total. The van der Waals surface area contributed by atoms with E-state index >= 15 is 0 Å². The number of piperidine rings is 1. The molecule has 2 nitrogen and oxygen atoms in total. The first kappa shape index (κ1) is 11.0. The lowest BCUT2D eigenvalue weighted by molar-refractivity contribution is -0.0716. The van der Waals surface area contributed by atoms with E-state index in [1.165, 1.54) is 0 Å². The fourth-order valence-electron chi connectivity index (χ4n) is 2.01. The van der Waals surface area contributed by atoms with Crippen LogP contribution in [0, 0.1) is 5.92 Å². The van der Waals surface area contributed by atoms with Gasteiger partial charge in [-0.2, -0.15) is 0 Å². The lowest BCUT2D eigenvalue weighted by Gasteiger charge is -2.43. The summed E-state index contributed by atoms with van der Waals surface area (Å²) in [5.74, 6) is 0.369.